The van der Waals surface area contributed by atoms with Crippen molar-refractivity contribution in [2.24, 2.45) is 0 Å². The fourth-order valence-corrected chi connectivity index (χ4v) is 9.99. The van der Waals surface area contributed by atoms with Gasteiger partial charge in [0.1, 0.15) is 13.2 Å². The average molecular weight is 1040 g/mol. The zero-order chi connectivity index (χ0) is 53.6. The van der Waals surface area contributed by atoms with E-state index in [0.717, 1.165) is 96.3 Å². The molecule has 0 aromatic heterocycles. The molecule has 0 N–H and O–H groups in total. The SMILES string of the molecule is CC/C=C\C/C=C\C/C=C\CCCCCCCC(=O)OC(COC(=O)CCCCCCCCCCCCCCC)COC(=O)CCCCCCCCCCCCCCCCCCCCCCCCCCCCCC. The summed E-state index contributed by atoms with van der Waals surface area (Å²) in [5.74, 6) is -0.867. The number of hydrogen-bond acceptors (Lipinski definition) is 6. The zero-order valence-corrected chi connectivity index (χ0v) is 49.9. The van der Waals surface area contributed by atoms with Crippen molar-refractivity contribution in [3.63, 3.8) is 0 Å². The molecule has 434 valence electrons. The first kappa shape index (κ1) is 71.6. The number of rotatable bonds is 61. The molecular weight excluding hydrogens is 913 g/mol. The van der Waals surface area contributed by atoms with E-state index in [0.29, 0.717) is 19.3 Å². The van der Waals surface area contributed by atoms with Gasteiger partial charge in [-0.25, -0.2) is 0 Å². The van der Waals surface area contributed by atoms with E-state index in [9.17, 15) is 14.4 Å². The summed E-state index contributed by atoms with van der Waals surface area (Å²) in [4.78, 5) is 38.3. The van der Waals surface area contributed by atoms with Gasteiger partial charge in [-0.05, 0) is 51.4 Å². The van der Waals surface area contributed by atoms with Crippen LogP contribution in [0.1, 0.15) is 361 Å². The quantitative estimate of drug-likeness (QED) is 0.0261. The highest BCUT2D eigenvalue weighted by Crippen LogP contribution is 2.18. The Morgan fingerprint density at radius 1 is 0.284 bits per heavy atom. The van der Waals surface area contributed by atoms with Crippen molar-refractivity contribution in [2.45, 2.75) is 367 Å². The van der Waals surface area contributed by atoms with E-state index >= 15 is 0 Å². The molecule has 6 heteroatoms. The molecule has 0 aromatic carbocycles. The summed E-state index contributed by atoms with van der Waals surface area (Å²) in [5, 5.41) is 0. The van der Waals surface area contributed by atoms with E-state index in [1.165, 1.54) is 225 Å². The molecule has 0 aliphatic carbocycles. The van der Waals surface area contributed by atoms with Crippen molar-refractivity contribution in [3.05, 3.63) is 36.5 Å². The number of carbonyl (C=O) groups excluding carboxylic acids is 3. The van der Waals surface area contributed by atoms with Crippen molar-refractivity contribution in [3.8, 4) is 0 Å². The van der Waals surface area contributed by atoms with Gasteiger partial charge in [0.2, 0.25) is 0 Å². The Bertz CT molecular complexity index is 1240. The lowest BCUT2D eigenvalue weighted by Crippen LogP contribution is -2.30. The van der Waals surface area contributed by atoms with Gasteiger partial charge >= 0.3 is 17.9 Å². The maximum Gasteiger partial charge on any atom is 0.306 e. The third-order valence-corrected chi connectivity index (χ3v) is 14.9. The van der Waals surface area contributed by atoms with Crippen molar-refractivity contribution < 1.29 is 28.6 Å². The lowest BCUT2D eigenvalue weighted by molar-refractivity contribution is -0.167. The van der Waals surface area contributed by atoms with E-state index in [2.05, 4.69) is 57.2 Å². The minimum absolute atomic E-state index is 0.0741. The van der Waals surface area contributed by atoms with Gasteiger partial charge in [0, 0.05) is 19.3 Å². The van der Waals surface area contributed by atoms with Crippen LogP contribution in [0.25, 0.3) is 0 Å². The third-order valence-electron chi connectivity index (χ3n) is 14.9. The first-order valence-electron chi connectivity index (χ1n) is 33.0. The molecule has 1 unspecified atom stereocenters. The maximum atomic E-state index is 12.9. The van der Waals surface area contributed by atoms with Gasteiger partial charge in [0.15, 0.2) is 6.10 Å². The summed E-state index contributed by atoms with van der Waals surface area (Å²) in [5.41, 5.74) is 0. The molecule has 0 aromatic rings. The molecule has 0 bridgehead atoms. The summed E-state index contributed by atoms with van der Waals surface area (Å²) in [7, 11) is 0. The predicted octanol–water partition coefficient (Wildman–Crippen LogP) is 22.4. The van der Waals surface area contributed by atoms with Gasteiger partial charge in [0.25, 0.3) is 0 Å². The molecule has 0 radical (unpaired) electrons. The lowest BCUT2D eigenvalue weighted by atomic mass is 10.0. The molecule has 0 saturated carbocycles. The highest BCUT2D eigenvalue weighted by atomic mass is 16.6. The Labute approximate surface area is 461 Å². The first-order chi connectivity index (χ1) is 36.5. The highest BCUT2D eigenvalue weighted by molar-refractivity contribution is 5.71. The van der Waals surface area contributed by atoms with Crippen LogP contribution in [0, 0.1) is 0 Å². The normalized spacial score (nSPS) is 12.2. The van der Waals surface area contributed by atoms with Crippen LogP contribution in [0.4, 0.5) is 0 Å². The van der Waals surface area contributed by atoms with Gasteiger partial charge in [-0.1, -0.05) is 327 Å². The zero-order valence-electron chi connectivity index (χ0n) is 49.9. The maximum absolute atomic E-state index is 12.9. The van der Waals surface area contributed by atoms with Crippen LogP contribution in [0.15, 0.2) is 36.5 Å². The Hall–Kier alpha value is -2.37. The third kappa shape index (κ3) is 60.5. The van der Waals surface area contributed by atoms with Gasteiger partial charge in [-0.3, -0.25) is 14.4 Å². The minimum atomic E-state index is -0.778. The van der Waals surface area contributed by atoms with Crippen LogP contribution in [0.2, 0.25) is 0 Å². The second-order valence-corrected chi connectivity index (χ2v) is 22.4. The molecule has 0 heterocycles. The molecule has 0 rings (SSSR count). The molecule has 0 aliphatic heterocycles. The van der Waals surface area contributed by atoms with Crippen LogP contribution in [-0.2, 0) is 28.6 Å². The summed E-state index contributed by atoms with van der Waals surface area (Å²) in [6.07, 6.45) is 77.5. The molecule has 6 nitrogen and oxygen atoms in total. The van der Waals surface area contributed by atoms with Gasteiger partial charge in [0.05, 0.1) is 0 Å². The van der Waals surface area contributed by atoms with Crippen LogP contribution < -0.4 is 0 Å². The summed E-state index contributed by atoms with van der Waals surface area (Å²) < 4.78 is 16.9. The van der Waals surface area contributed by atoms with Crippen LogP contribution in [-0.4, -0.2) is 37.2 Å². The molecular formula is C68H126O6. The topological polar surface area (TPSA) is 78.9 Å². The fraction of sp³-hybridized carbons (Fsp3) is 0.868. The Morgan fingerprint density at radius 2 is 0.527 bits per heavy atom. The second kappa shape index (κ2) is 63.2. The van der Waals surface area contributed by atoms with E-state index in [1.807, 2.05) is 0 Å². The molecule has 0 fully saturated rings. The van der Waals surface area contributed by atoms with Crippen molar-refractivity contribution in [1.82, 2.24) is 0 Å². The molecule has 0 spiro atoms. The molecule has 1 atom stereocenters. The lowest BCUT2D eigenvalue weighted by Gasteiger charge is -2.18. The van der Waals surface area contributed by atoms with E-state index in [1.54, 1.807) is 0 Å². The summed E-state index contributed by atoms with van der Waals surface area (Å²) in [6.45, 7) is 6.57. The Morgan fingerprint density at radius 3 is 0.824 bits per heavy atom. The molecule has 74 heavy (non-hydrogen) atoms. The number of hydrogen-bond donors (Lipinski definition) is 0. The number of allylic oxidation sites excluding steroid dienone is 6. The average Bonchev–Trinajstić information content (AvgIpc) is 3.40. The number of esters is 3. The first-order valence-corrected chi connectivity index (χ1v) is 33.0. The van der Waals surface area contributed by atoms with Crippen molar-refractivity contribution in [2.75, 3.05) is 13.2 Å². The van der Waals surface area contributed by atoms with E-state index in [4.69, 9.17) is 14.2 Å². The van der Waals surface area contributed by atoms with Crippen LogP contribution in [0.5, 0.6) is 0 Å². The van der Waals surface area contributed by atoms with E-state index in [-0.39, 0.29) is 31.1 Å². The van der Waals surface area contributed by atoms with E-state index < -0.39 is 6.10 Å². The Balaban J connectivity index is 4.16. The monoisotopic (exact) mass is 1040 g/mol. The molecule has 0 amide bonds. The second-order valence-electron chi connectivity index (χ2n) is 22.4. The number of unbranched alkanes of at least 4 members (excludes halogenated alkanes) is 44. The molecule has 0 saturated heterocycles. The minimum Gasteiger partial charge on any atom is -0.462 e. The van der Waals surface area contributed by atoms with Crippen LogP contribution >= 0.6 is 0 Å². The highest BCUT2D eigenvalue weighted by Gasteiger charge is 2.19. The summed E-state index contributed by atoms with van der Waals surface area (Å²) >= 11 is 0. The van der Waals surface area contributed by atoms with Gasteiger partial charge in [-0.2, -0.15) is 0 Å². The number of ether oxygens (including phenoxy) is 3. The fourth-order valence-electron chi connectivity index (χ4n) is 9.99. The van der Waals surface area contributed by atoms with Crippen LogP contribution in [0.3, 0.4) is 0 Å². The number of carbonyl (C=O) groups is 3. The molecule has 0 aliphatic rings. The van der Waals surface area contributed by atoms with Crippen molar-refractivity contribution >= 4 is 17.9 Å². The smallest absolute Gasteiger partial charge is 0.306 e. The van der Waals surface area contributed by atoms with Gasteiger partial charge < -0.3 is 14.2 Å². The standard InChI is InChI=1S/C68H126O6/c1-4-7-10-13-16-19-22-25-27-28-29-30-31-32-33-34-35-36-37-38-39-41-43-46-49-52-55-58-61-67(70)73-64-65(63-72-66(69)60-57-54-51-48-45-42-24-21-18-15-12-9-6-3)74-68(71)62-59-56-53-50-47-44-40-26-23-20-17-14-11-8-5-2/h8,11,17,20,26,40,65H,4-7,9-10,12-16,18-19,21-25,27-39,41-64H2,1-3H3/b11-8-,20-17-,40-26-. The van der Waals surface area contributed by atoms with Gasteiger partial charge in [-0.15, -0.1) is 0 Å². The largest absolute Gasteiger partial charge is 0.462 e. The Kier molecular flexibility index (Phi) is 61.1. The summed E-state index contributed by atoms with van der Waals surface area (Å²) in [6, 6.07) is 0. The van der Waals surface area contributed by atoms with Crippen molar-refractivity contribution in [1.29, 1.82) is 0 Å². The predicted molar refractivity (Wildman–Crippen MR) is 321 cm³/mol.